The van der Waals surface area contributed by atoms with Crippen molar-refractivity contribution in [2.24, 2.45) is 0 Å². The van der Waals surface area contributed by atoms with E-state index in [9.17, 15) is 0 Å². The lowest BCUT2D eigenvalue weighted by Crippen LogP contribution is -2.37. The van der Waals surface area contributed by atoms with Crippen molar-refractivity contribution in [1.29, 1.82) is 0 Å². The first-order valence-corrected chi connectivity index (χ1v) is 12.3. The van der Waals surface area contributed by atoms with Crippen molar-refractivity contribution in [2.75, 3.05) is 0 Å². The fraction of sp³-hybridized carbons (Fsp3) is 0.667. The molecule has 0 radical (unpaired) electrons. The zero-order chi connectivity index (χ0) is 20.6. The maximum absolute atomic E-state index is 2.51. The second-order valence-corrected chi connectivity index (χ2v) is 9.77. The summed E-state index contributed by atoms with van der Waals surface area (Å²) in [6.45, 7) is 9.28. The second-order valence-electron chi connectivity index (χ2n) is 9.77. The van der Waals surface area contributed by atoms with Crippen LogP contribution in [0.3, 0.4) is 0 Å². The minimum absolute atomic E-state index is 0.529. The molecule has 160 valence electrons. The van der Waals surface area contributed by atoms with E-state index < -0.39 is 0 Å². The maximum atomic E-state index is 2.51. The summed E-state index contributed by atoms with van der Waals surface area (Å²) < 4.78 is 4.88. The van der Waals surface area contributed by atoms with E-state index in [1.165, 1.54) is 87.4 Å². The van der Waals surface area contributed by atoms with Crippen LogP contribution in [0, 0.1) is 0 Å². The zero-order valence-corrected chi connectivity index (χ0v) is 19.4. The minimum atomic E-state index is 0.529. The Morgan fingerprint density at radius 2 is 1.38 bits per heavy atom. The summed E-state index contributed by atoms with van der Waals surface area (Å²) in [6, 6.07) is 7.50. The summed E-state index contributed by atoms with van der Waals surface area (Å²) in [5, 5.41) is 0. The highest BCUT2D eigenvalue weighted by molar-refractivity contribution is 5.48. The smallest absolute Gasteiger partial charge is 0.234 e. The number of nitrogens with zero attached hydrogens (tertiary/aromatic N) is 2. The average Bonchev–Trinajstić information content (AvgIpc) is 3.17. The van der Waals surface area contributed by atoms with Gasteiger partial charge in [-0.3, -0.25) is 0 Å². The molecular formula is C27H43N2+. The standard InChI is InChI=1S/C27H43N2/c1-22(2)25-17-14-18-26(27(25)23(3)4)29-20-19-28(21-29)24-15-12-10-8-6-5-7-9-11-13-16-24/h14,17-24H,5-13,15-16H2,1-4H3/q+1. The van der Waals surface area contributed by atoms with E-state index in [0.717, 1.165) is 0 Å². The molecule has 0 saturated heterocycles. The fourth-order valence-electron chi connectivity index (χ4n) is 5.10. The van der Waals surface area contributed by atoms with Crippen LogP contribution in [0.2, 0.25) is 0 Å². The van der Waals surface area contributed by atoms with Crippen molar-refractivity contribution in [3.8, 4) is 5.69 Å². The van der Waals surface area contributed by atoms with E-state index in [0.29, 0.717) is 17.9 Å². The van der Waals surface area contributed by atoms with Gasteiger partial charge in [0.05, 0.1) is 0 Å². The van der Waals surface area contributed by atoms with Gasteiger partial charge in [-0.15, -0.1) is 0 Å². The van der Waals surface area contributed by atoms with E-state index in [4.69, 9.17) is 0 Å². The summed E-state index contributed by atoms with van der Waals surface area (Å²) in [6.07, 6.45) is 22.4. The summed E-state index contributed by atoms with van der Waals surface area (Å²) in [5.74, 6) is 1.09. The topological polar surface area (TPSA) is 8.81 Å². The molecule has 2 heteroatoms. The molecular weight excluding hydrogens is 352 g/mol. The Morgan fingerprint density at radius 3 is 1.93 bits per heavy atom. The minimum Gasteiger partial charge on any atom is -0.234 e. The Morgan fingerprint density at radius 1 is 0.793 bits per heavy atom. The highest BCUT2D eigenvalue weighted by Crippen LogP contribution is 2.31. The van der Waals surface area contributed by atoms with Crippen LogP contribution in [-0.4, -0.2) is 4.57 Å². The molecule has 0 spiro atoms. The lowest BCUT2D eigenvalue weighted by atomic mass is 9.89. The summed E-state index contributed by atoms with van der Waals surface area (Å²) in [7, 11) is 0. The van der Waals surface area contributed by atoms with Gasteiger partial charge in [-0.1, -0.05) is 84.8 Å². The Balaban J connectivity index is 1.82. The molecule has 1 fully saturated rings. The number of imidazole rings is 1. The molecule has 0 bridgehead atoms. The average molecular weight is 396 g/mol. The van der Waals surface area contributed by atoms with Crippen molar-refractivity contribution in [2.45, 2.75) is 116 Å². The van der Waals surface area contributed by atoms with E-state index in [2.05, 4.69) is 73.7 Å². The quantitative estimate of drug-likeness (QED) is 0.466. The highest BCUT2D eigenvalue weighted by atomic mass is 15.1. The van der Waals surface area contributed by atoms with Crippen LogP contribution in [0.5, 0.6) is 0 Å². The second kappa shape index (κ2) is 11.0. The summed E-state index contributed by atoms with van der Waals surface area (Å²) in [5.41, 5.74) is 4.35. The van der Waals surface area contributed by atoms with Crippen LogP contribution in [0.1, 0.15) is 127 Å². The Labute approximate surface area is 179 Å². The van der Waals surface area contributed by atoms with Crippen molar-refractivity contribution >= 4 is 0 Å². The zero-order valence-electron chi connectivity index (χ0n) is 19.4. The van der Waals surface area contributed by atoms with Gasteiger partial charge in [0, 0.05) is 5.56 Å². The first-order chi connectivity index (χ1) is 14.1. The predicted molar refractivity (Wildman–Crippen MR) is 124 cm³/mol. The van der Waals surface area contributed by atoms with E-state index in [1.54, 1.807) is 0 Å². The number of benzene rings is 1. The third-order valence-electron chi connectivity index (χ3n) is 6.75. The Bertz CT molecular complexity index is 729. The number of hydrogen-bond donors (Lipinski definition) is 0. The molecule has 1 aromatic heterocycles. The van der Waals surface area contributed by atoms with Gasteiger partial charge in [0.2, 0.25) is 6.33 Å². The van der Waals surface area contributed by atoms with Crippen LogP contribution in [0.25, 0.3) is 5.69 Å². The molecule has 29 heavy (non-hydrogen) atoms. The molecule has 1 heterocycles. The van der Waals surface area contributed by atoms with Crippen molar-refractivity contribution in [1.82, 2.24) is 4.57 Å². The molecule has 1 aliphatic carbocycles. The lowest BCUT2D eigenvalue weighted by molar-refractivity contribution is -0.723. The van der Waals surface area contributed by atoms with Gasteiger partial charge in [-0.25, -0.2) is 9.13 Å². The molecule has 2 nitrogen and oxygen atoms in total. The summed E-state index contributed by atoms with van der Waals surface area (Å²) >= 11 is 0. The van der Waals surface area contributed by atoms with Gasteiger partial charge in [0.15, 0.2) is 0 Å². The molecule has 0 amide bonds. The van der Waals surface area contributed by atoms with Crippen LogP contribution in [0.4, 0.5) is 0 Å². The molecule has 0 aliphatic heterocycles. The third-order valence-corrected chi connectivity index (χ3v) is 6.75. The number of aromatic nitrogens is 2. The molecule has 0 atom stereocenters. The molecule has 0 N–H and O–H groups in total. The monoisotopic (exact) mass is 395 g/mol. The first kappa shape index (κ1) is 22.1. The third kappa shape index (κ3) is 5.96. The van der Waals surface area contributed by atoms with Crippen molar-refractivity contribution in [3.63, 3.8) is 0 Å². The van der Waals surface area contributed by atoms with Gasteiger partial charge in [-0.2, -0.15) is 0 Å². The number of rotatable bonds is 4. The highest BCUT2D eigenvalue weighted by Gasteiger charge is 2.21. The van der Waals surface area contributed by atoms with Gasteiger partial charge in [0.1, 0.15) is 24.1 Å². The van der Waals surface area contributed by atoms with Crippen LogP contribution < -0.4 is 4.57 Å². The molecule has 3 rings (SSSR count). The largest absolute Gasteiger partial charge is 0.249 e. The van der Waals surface area contributed by atoms with Crippen molar-refractivity contribution in [3.05, 3.63) is 48.0 Å². The normalized spacial score (nSPS) is 18.0. The Hall–Kier alpha value is -1.57. The number of hydrogen-bond acceptors (Lipinski definition) is 0. The fourth-order valence-corrected chi connectivity index (χ4v) is 5.10. The SMILES string of the molecule is CC(C)c1cccc(-n2cc[n+](C3CCCCCCCCCCC3)c2)c1C(C)C. The molecule has 2 aromatic rings. The van der Waals surface area contributed by atoms with E-state index >= 15 is 0 Å². The van der Waals surface area contributed by atoms with Gasteiger partial charge in [0.25, 0.3) is 0 Å². The van der Waals surface area contributed by atoms with Crippen LogP contribution in [-0.2, 0) is 0 Å². The van der Waals surface area contributed by atoms with Crippen molar-refractivity contribution < 1.29 is 4.57 Å². The van der Waals surface area contributed by atoms with E-state index in [-0.39, 0.29) is 0 Å². The van der Waals surface area contributed by atoms with E-state index in [1.807, 2.05) is 0 Å². The van der Waals surface area contributed by atoms with Crippen LogP contribution in [0.15, 0.2) is 36.9 Å². The lowest BCUT2D eigenvalue weighted by Gasteiger charge is -2.18. The van der Waals surface area contributed by atoms with Crippen LogP contribution >= 0.6 is 0 Å². The van der Waals surface area contributed by atoms with Gasteiger partial charge in [-0.05, 0) is 49.1 Å². The molecule has 0 unspecified atom stereocenters. The molecule has 1 aliphatic rings. The predicted octanol–water partition coefficient (Wildman–Crippen LogP) is 7.86. The Kier molecular flexibility index (Phi) is 8.39. The molecule has 1 aromatic carbocycles. The first-order valence-electron chi connectivity index (χ1n) is 12.3. The summed E-state index contributed by atoms with van der Waals surface area (Å²) in [4.78, 5) is 0. The molecule has 1 saturated carbocycles. The van der Waals surface area contributed by atoms with Gasteiger partial charge >= 0.3 is 0 Å². The van der Waals surface area contributed by atoms with Gasteiger partial charge < -0.3 is 0 Å². The maximum Gasteiger partial charge on any atom is 0.249 e.